The highest BCUT2D eigenvalue weighted by Gasteiger charge is 2.23. The van der Waals surface area contributed by atoms with Gasteiger partial charge in [0.2, 0.25) is 0 Å². The lowest BCUT2D eigenvalue weighted by Gasteiger charge is -2.09. The second kappa shape index (κ2) is 7.36. The van der Waals surface area contributed by atoms with Crippen molar-refractivity contribution in [2.24, 2.45) is 0 Å². The third kappa shape index (κ3) is 3.49. The molecular formula is C18H16ClN3O3. The zero-order valence-electron chi connectivity index (χ0n) is 13.8. The molecule has 25 heavy (non-hydrogen) atoms. The zero-order valence-corrected chi connectivity index (χ0v) is 14.5. The van der Waals surface area contributed by atoms with E-state index in [0.29, 0.717) is 10.7 Å². The first-order valence-corrected chi connectivity index (χ1v) is 8.05. The fourth-order valence-corrected chi connectivity index (χ4v) is 2.52. The second-order valence-electron chi connectivity index (χ2n) is 5.12. The standard InChI is InChI=1S/C18H16ClN3O3/c1-3-25-18(23)16-17(12-4-6-13(19)7-5-12)22(21-20-16)14-8-10-15(24-2)11-9-14/h4-11H,3H2,1-2H3. The maximum absolute atomic E-state index is 12.3. The number of carbonyl (C=O) groups excluding carboxylic acids is 1. The minimum absolute atomic E-state index is 0.153. The van der Waals surface area contributed by atoms with Crippen molar-refractivity contribution in [2.45, 2.75) is 6.92 Å². The monoisotopic (exact) mass is 357 g/mol. The van der Waals surface area contributed by atoms with E-state index in [0.717, 1.165) is 17.0 Å². The van der Waals surface area contributed by atoms with Gasteiger partial charge in [-0.25, -0.2) is 9.48 Å². The van der Waals surface area contributed by atoms with Gasteiger partial charge in [0.1, 0.15) is 11.4 Å². The maximum atomic E-state index is 12.3. The molecule has 0 unspecified atom stereocenters. The molecular weight excluding hydrogens is 342 g/mol. The summed E-state index contributed by atoms with van der Waals surface area (Å²) in [6.07, 6.45) is 0. The molecule has 0 saturated heterocycles. The third-order valence-electron chi connectivity index (χ3n) is 3.57. The van der Waals surface area contributed by atoms with E-state index in [1.54, 1.807) is 30.8 Å². The molecule has 0 bridgehead atoms. The number of benzene rings is 2. The topological polar surface area (TPSA) is 66.2 Å². The number of carbonyl (C=O) groups is 1. The average Bonchev–Trinajstić information content (AvgIpc) is 3.08. The van der Waals surface area contributed by atoms with Crippen LogP contribution < -0.4 is 4.74 Å². The first-order valence-electron chi connectivity index (χ1n) is 7.67. The van der Waals surface area contributed by atoms with Crippen LogP contribution in [0.15, 0.2) is 48.5 Å². The predicted octanol–water partition coefficient (Wildman–Crippen LogP) is 3.77. The van der Waals surface area contributed by atoms with E-state index in [-0.39, 0.29) is 12.3 Å². The molecule has 0 aliphatic carbocycles. The van der Waals surface area contributed by atoms with Crippen molar-refractivity contribution >= 4 is 17.6 Å². The molecule has 0 radical (unpaired) electrons. The van der Waals surface area contributed by atoms with E-state index >= 15 is 0 Å². The molecule has 1 aromatic heterocycles. The van der Waals surface area contributed by atoms with Gasteiger partial charge in [0.15, 0.2) is 5.69 Å². The van der Waals surface area contributed by atoms with Crippen LogP contribution in [-0.2, 0) is 4.74 Å². The van der Waals surface area contributed by atoms with E-state index in [9.17, 15) is 4.79 Å². The van der Waals surface area contributed by atoms with Gasteiger partial charge in [0, 0.05) is 10.6 Å². The van der Waals surface area contributed by atoms with E-state index in [1.807, 2.05) is 36.4 Å². The number of rotatable bonds is 5. The normalized spacial score (nSPS) is 10.5. The van der Waals surface area contributed by atoms with Crippen LogP contribution in [-0.4, -0.2) is 34.7 Å². The summed E-state index contributed by atoms with van der Waals surface area (Å²) in [7, 11) is 1.60. The summed E-state index contributed by atoms with van der Waals surface area (Å²) in [6, 6.07) is 14.4. The number of ether oxygens (including phenoxy) is 2. The zero-order chi connectivity index (χ0) is 17.8. The number of hydrogen-bond acceptors (Lipinski definition) is 5. The molecule has 3 aromatic rings. The molecule has 6 nitrogen and oxygen atoms in total. The van der Waals surface area contributed by atoms with E-state index in [4.69, 9.17) is 21.1 Å². The Kier molecular flexibility index (Phi) is 5.00. The van der Waals surface area contributed by atoms with Crippen molar-refractivity contribution in [2.75, 3.05) is 13.7 Å². The van der Waals surface area contributed by atoms with Gasteiger partial charge in [0.05, 0.1) is 19.4 Å². The minimum Gasteiger partial charge on any atom is -0.497 e. The number of nitrogens with zero attached hydrogens (tertiary/aromatic N) is 3. The minimum atomic E-state index is -0.521. The average molecular weight is 358 g/mol. The van der Waals surface area contributed by atoms with Crippen LogP contribution in [0.5, 0.6) is 5.75 Å². The van der Waals surface area contributed by atoms with E-state index in [2.05, 4.69) is 10.3 Å². The Morgan fingerprint density at radius 3 is 2.40 bits per heavy atom. The molecule has 0 fully saturated rings. The van der Waals surface area contributed by atoms with Crippen molar-refractivity contribution in [3.05, 3.63) is 59.2 Å². The molecule has 3 rings (SSSR count). The van der Waals surface area contributed by atoms with E-state index < -0.39 is 5.97 Å². The molecule has 0 saturated carbocycles. The SMILES string of the molecule is CCOC(=O)c1nnn(-c2ccc(OC)cc2)c1-c1ccc(Cl)cc1. The molecule has 0 aliphatic rings. The number of esters is 1. The number of hydrogen-bond donors (Lipinski definition) is 0. The largest absolute Gasteiger partial charge is 0.497 e. The van der Waals surface area contributed by atoms with Crippen LogP contribution in [0.2, 0.25) is 5.02 Å². The lowest BCUT2D eigenvalue weighted by atomic mass is 10.1. The Morgan fingerprint density at radius 1 is 1.12 bits per heavy atom. The predicted molar refractivity (Wildman–Crippen MR) is 94.3 cm³/mol. The highest BCUT2D eigenvalue weighted by atomic mass is 35.5. The van der Waals surface area contributed by atoms with Crippen LogP contribution >= 0.6 is 11.6 Å². The first-order chi connectivity index (χ1) is 12.1. The molecule has 128 valence electrons. The maximum Gasteiger partial charge on any atom is 0.361 e. The van der Waals surface area contributed by atoms with Crippen molar-refractivity contribution in [3.8, 4) is 22.7 Å². The summed E-state index contributed by atoms with van der Waals surface area (Å²) in [4.78, 5) is 12.3. The molecule has 0 atom stereocenters. The van der Waals surface area contributed by atoms with Gasteiger partial charge in [-0.2, -0.15) is 0 Å². The molecule has 2 aromatic carbocycles. The Labute approximate surface area is 149 Å². The van der Waals surface area contributed by atoms with Crippen LogP contribution in [0.4, 0.5) is 0 Å². The summed E-state index contributed by atoms with van der Waals surface area (Å²) in [6.45, 7) is 2.00. The molecule has 1 heterocycles. The van der Waals surface area contributed by atoms with Crippen LogP contribution in [0.1, 0.15) is 17.4 Å². The summed E-state index contributed by atoms with van der Waals surface area (Å²) >= 11 is 5.97. The molecule has 0 aliphatic heterocycles. The van der Waals surface area contributed by atoms with Crippen LogP contribution in [0, 0.1) is 0 Å². The van der Waals surface area contributed by atoms with Gasteiger partial charge in [-0.1, -0.05) is 28.9 Å². The number of methoxy groups -OCH3 is 1. The van der Waals surface area contributed by atoms with Crippen molar-refractivity contribution in [1.29, 1.82) is 0 Å². The quantitative estimate of drug-likeness (QED) is 0.650. The van der Waals surface area contributed by atoms with Gasteiger partial charge in [-0.15, -0.1) is 5.10 Å². The number of halogens is 1. The first kappa shape index (κ1) is 17.0. The van der Waals surface area contributed by atoms with Crippen molar-refractivity contribution in [3.63, 3.8) is 0 Å². The lowest BCUT2D eigenvalue weighted by Crippen LogP contribution is -2.08. The Bertz CT molecular complexity index is 874. The highest BCUT2D eigenvalue weighted by molar-refractivity contribution is 6.30. The summed E-state index contributed by atoms with van der Waals surface area (Å²) in [5.74, 6) is 0.203. The lowest BCUT2D eigenvalue weighted by molar-refractivity contribution is 0.0520. The van der Waals surface area contributed by atoms with Gasteiger partial charge in [-0.3, -0.25) is 0 Å². The highest BCUT2D eigenvalue weighted by Crippen LogP contribution is 2.27. The molecule has 7 heteroatoms. The second-order valence-corrected chi connectivity index (χ2v) is 5.56. The van der Waals surface area contributed by atoms with Crippen LogP contribution in [0.3, 0.4) is 0 Å². The van der Waals surface area contributed by atoms with Crippen molar-refractivity contribution in [1.82, 2.24) is 15.0 Å². The molecule has 0 N–H and O–H groups in total. The summed E-state index contributed by atoms with van der Waals surface area (Å²) in [5.41, 5.74) is 2.20. The van der Waals surface area contributed by atoms with Crippen molar-refractivity contribution < 1.29 is 14.3 Å². The van der Waals surface area contributed by atoms with E-state index in [1.165, 1.54) is 0 Å². The van der Waals surface area contributed by atoms with Crippen LogP contribution in [0.25, 0.3) is 16.9 Å². The summed E-state index contributed by atoms with van der Waals surface area (Å²) < 4.78 is 11.9. The van der Waals surface area contributed by atoms with Gasteiger partial charge < -0.3 is 9.47 Å². The Hall–Kier alpha value is -2.86. The van der Waals surface area contributed by atoms with Gasteiger partial charge in [0.25, 0.3) is 0 Å². The smallest absolute Gasteiger partial charge is 0.361 e. The third-order valence-corrected chi connectivity index (χ3v) is 3.83. The fourth-order valence-electron chi connectivity index (χ4n) is 2.39. The Morgan fingerprint density at radius 2 is 1.80 bits per heavy atom. The van der Waals surface area contributed by atoms with Gasteiger partial charge in [-0.05, 0) is 43.3 Å². The summed E-state index contributed by atoms with van der Waals surface area (Å²) in [5, 5.41) is 8.76. The fraction of sp³-hybridized carbons (Fsp3) is 0.167. The molecule has 0 spiro atoms. The van der Waals surface area contributed by atoms with Gasteiger partial charge >= 0.3 is 5.97 Å². The number of aromatic nitrogens is 3. The Balaban J connectivity index is 2.14. The molecule has 0 amide bonds.